The second-order valence-corrected chi connectivity index (χ2v) is 6.63. The fourth-order valence-corrected chi connectivity index (χ4v) is 2.55. The van der Waals surface area contributed by atoms with Gasteiger partial charge in [-0.25, -0.2) is 0 Å². The molecule has 0 saturated heterocycles. The number of ether oxygens (including phenoxy) is 1. The Bertz CT molecular complexity index is 886. The van der Waals surface area contributed by atoms with E-state index >= 15 is 0 Å². The van der Waals surface area contributed by atoms with Crippen LogP contribution >= 0.6 is 11.6 Å². The molecule has 0 heterocycles. The fourth-order valence-electron chi connectivity index (χ4n) is 2.36. The number of anilines is 1. The second kappa shape index (κ2) is 11.0. The third-order valence-electron chi connectivity index (χ3n) is 3.96. The molecule has 0 unspecified atom stereocenters. The van der Waals surface area contributed by atoms with Crippen molar-refractivity contribution >= 4 is 40.9 Å². The third kappa shape index (κ3) is 7.38. The minimum absolute atomic E-state index is 0.00683. The second-order valence-electron chi connectivity index (χ2n) is 6.23. The molecule has 29 heavy (non-hydrogen) atoms. The molecule has 8 heteroatoms. The molecule has 0 aliphatic heterocycles. The standard InChI is InChI=1S/C21H21ClN2O5/c1-24(13-19(26)23-17-10-6-5-9-16(17)22)20(27)14-29-21(28)12-11-18(25)15-7-3-2-4-8-15/h2-10H,11-14H2,1H3,(H,23,26). The zero-order chi connectivity index (χ0) is 21.2. The van der Waals surface area contributed by atoms with E-state index in [4.69, 9.17) is 16.3 Å². The van der Waals surface area contributed by atoms with Gasteiger partial charge in [0.2, 0.25) is 5.91 Å². The predicted molar refractivity (Wildman–Crippen MR) is 109 cm³/mol. The molecular weight excluding hydrogens is 396 g/mol. The lowest BCUT2D eigenvalue weighted by atomic mass is 10.1. The number of rotatable bonds is 9. The van der Waals surface area contributed by atoms with Gasteiger partial charge in [-0.15, -0.1) is 0 Å². The highest BCUT2D eigenvalue weighted by atomic mass is 35.5. The number of para-hydroxylation sites is 1. The molecule has 0 radical (unpaired) electrons. The van der Waals surface area contributed by atoms with Crippen LogP contribution in [0.2, 0.25) is 5.02 Å². The molecule has 0 atom stereocenters. The Morgan fingerprint density at radius 2 is 1.62 bits per heavy atom. The molecule has 2 amide bonds. The van der Waals surface area contributed by atoms with Crippen molar-refractivity contribution in [1.82, 2.24) is 4.90 Å². The van der Waals surface area contributed by atoms with E-state index in [0.29, 0.717) is 16.3 Å². The first kappa shape index (κ1) is 22.1. The summed E-state index contributed by atoms with van der Waals surface area (Å²) >= 11 is 5.97. The van der Waals surface area contributed by atoms with Crippen LogP contribution in [0.4, 0.5) is 5.69 Å². The summed E-state index contributed by atoms with van der Waals surface area (Å²) in [5.74, 6) is -1.81. The quantitative estimate of drug-likeness (QED) is 0.501. The van der Waals surface area contributed by atoms with Crippen LogP contribution in [-0.2, 0) is 19.1 Å². The maximum atomic E-state index is 12.0. The van der Waals surface area contributed by atoms with Crippen LogP contribution in [0.3, 0.4) is 0 Å². The van der Waals surface area contributed by atoms with E-state index < -0.39 is 24.4 Å². The number of hydrogen-bond donors (Lipinski definition) is 1. The maximum absolute atomic E-state index is 12.0. The summed E-state index contributed by atoms with van der Waals surface area (Å²) in [6.07, 6.45) is -0.134. The first-order valence-electron chi connectivity index (χ1n) is 8.89. The molecule has 0 bridgehead atoms. The summed E-state index contributed by atoms with van der Waals surface area (Å²) in [6, 6.07) is 15.3. The average molecular weight is 417 g/mol. The number of likely N-dealkylation sites (N-methyl/N-ethyl adjacent to an activating group) is 1. The van der Waals surface area contributed by atoms with Gasteiger partial charge in [0, 0.05) is 19.0 Å². The van der Waals surface area contributed by atoms with Gasteiger partial charge in [-0.3, -0.25) is 19.2 Å². The van der Waals surface area contributed by atoms with Crippen molar-refractivity contribution in [2.24, 2.45) is 0 Å². The van der Waals surface area contributed by atoms with Crippen molar-refractivity contribution in [3.05, 3.63) is 65.2 Å². The number of carbonyl (C=O) groups is 4. The summed E-state index contributed by atoms with van der Waals surface area (Å²) in [5, 5.41) is 2.98. The molecule has 7 nitrogen and oxygen atoms in total. The maximum Gasteiger partial charge on any atom is 0.306 e. The Kier molecular flexibility index (Phi) is 8.36. The van der Waals surface area contributed by atoms with Crippen LogP contribution in [-0.4, -0.2) is 48.7 Å². The summed E-state index contributed by atoms with van der Waals surface area (Å²) in [7, 11) is 1.42. The zero-order valence-electron chi connectivity index (χ0n) is 15.9. The SMILES string of the molecule is CN(CC(=O)Nc1ccccc1Cl)C(=O)COC(=O)CCC(=O)c1ccccc1. The van der Waals surface area contributed by atoms with Gasteiger partial charge in [0.1, 0.15) is 0 Å². The molecule has 2 aromatic rings. The van der Waals surface area contributed by atoms with Crippen LogP contribution in [0.1, 0.15) is 23.2 Å². The lowest BCUT2D eigenvalue weighted by Crippen LogP contribution is -2.37. The molecular formula is C21H21ClN2O5. The largest absolute Gasteiger partial charge is 0.456 e. The molecule has 0 spiro atoms. The molecule has 1 N–H and O–H groups in total. The highest BCUT2D eigenvalue weighted by molar-refractivity contribution is 6.33. The predicted octanol–water partition coefficient (Wildman–Crippen LogP) is 2.94. The number of esters is 1. The van der Waals surface area contributed by atoms with Crippen molar-refractivity contribution in [3.63, 3.8) is 0 Å². The van der Waals surface area contributed by atoms with Gasteiger partial charge >= 0.3 is 5.97 Å². The Morgan fingerprint density at radius 1 is 0.966 bits per heavy atom. The molecule has 0 saturated carbocycles. The Labute approximate surface area is 173 Å². The van der Waals surface area contributed by atoms with Gasteiger partial charge in [0.25, 0.3) is 5.91 Å². The number of benzene rings is 2. The van der Waals surface area contributed by atoms with Crippen molar-refractivity contribution < 1.29 is 23.9 Å². The first-order chi connectivity index (χ1) is 13.9. The Morgan fingerprint density at radius 3 is 2.31 bits per heavy atom. The van der Waals surface area contributed by atoms with Crippen molar-refractivity contribution in [1.29, 1.82) is 0 Å². The Balaban J connectivity index is 1.70. The first-order valence-corrected chi connectivity index (χ1v) is 9.27. The third-order valence-corrected chi connectivity index (χ3v) is 4.29. The van der Waals surface area contributed by atoms with Crippen LogP contribution < -0.4 is 5.32 Å². The van der Waals surface area contributed by atoms with Gasteiger partial charge in [-0.1, -0.05) is 54.1 Å². The minimum Gasteiger partial charge on any atom is -0.456 e. The topological polar surface area (TPSA) is 92.8 Å². The van der Waals surface area contributed by atoms with Crippen LogP contribution in [0, 0.1) is 0 Å². The highest BCUT2D eigenvalue weighted by Gasteiger charge is 2.16. The van der Waals surface area contributed by atoms with Crippen LogP contribution in [0.25, 0.3) is 0 Å². The van der Waals surface area contributed by atoms with E-state index in [1.54, 1.807) is 54.6 Å². The summed E-state index contributed by atoms with van der Waals surface area (Å²) in [5.41, 5.74) is 0.954. The van der Waals surface area contributed by atoms with E-state index in [2.05, 4.69) is 5.32 Å². The van der Waals surface area contributed by atoms with Gasteiger partial charge in [0.05, 0.1) is 23.7 Å². The lowest BCUT2D eigenvalue weighted by Gasteiger charge is -2.17. The number of amides is 2. The molecule has 152 valence electrons. The number of ketones is 1. The summed E-state index contributed by atoms with van der Waals surface area (Å²) in [6.45, 7) is -0.734. The van der Waals surface area contributed by atoms with Crippen LogP contribution in [0.5, 0.6) is 0 Å². The van der Waals surface area contributed by atoms with Crippen molar-refractivity contribution in [2.75, 3.05) is 25.5 Å². The highest BCUT2D eigenvalue weighted by Crippen LogP contribution is 2.20. The monoisotopic (exact) mass is 416 g/mol. The molecule has 2 aromatic carbocycles. The number of halogens is 1. The fraction of sp³-hybridized carbons (Fsp3) is 0.238. The van der Waals surface area contributed by atoms with E-state index in [1.807, 2.05) is 0 Å². The summed E-state index contributed by atoms with van der Waals surface area (Å²) in [4.78, 5) is 48.9. The van der Waals surface area contributed by atoms with Crippen LogP contribution in [0.15, 0.2) is 54.6 Å². The molecule has 0 aliphatic carbocycles. The van der Waals surface area contributed by atoms with Crippen molar-refractivity contribution in [3.8, 4) is 0 Å². The lowest BCUT2D eigenvalue weighted by molar-refractivity contribution is -0.151. The number of carbonyl (C=O) groups excluding carboxylic acids is 4. The van der Waals surface area contributed by atoms with Gasteiger partial charge < -0.3 is 15.0 Å². The van der Waals surface area contributed by atoms with Gasteiger partial charge in [0.15, 0.2) is 12.4 Å². The van der Waals surface area contributed by atoms with E-state index in [0.717, 1.165) is 4.90 Å². The van der Waals surface area contributed by atoms with E-state index in [-0.39, 0.29) is 25.2 Å². The van der Waals surface area contributed by atoms with E-state index in [9.17, 15) is 19.2 Å². The van der Waals surface area contributed by atoms with E-state index in [1.165, 1.54) is 7.05 Å². The normalized spacial score (nSPS) is 10.1. The molecule has 0 aromatic heterocycles. The molecule has 2 rings (SSSR count). The van der Waals surface area contributed by atoms with Crippen molar-refractivity contribution in [2.45, 2.75) is 12.8 Å². The number of hydrogen-bond acceptors (Lipinski definition) is 5. The zero-order valence-corrected chi connectivity index (χ0v) is 16.6. The van der Waals surface area contributed by atoms with Gasteiger partial charge in [-0.2, -0.15) is 0 Å². The number of nitrogens with one attached hydrogen (secondary N) is 1. The molecule has 0 fully saturated rings. The minimum atomic E-state index is -0.656. The Hall–Kier alpha value is -3.19. The number of Topliss-reactive ketones (excluding diaryl/α,β-unsaturated/α-hetero) is 1. The number of nitrogens with zero attached hydrogens (tertiary/aromatic N) is 1. The summed E-state index contributed by atoms with van der Waals surface area (Å²) < 4.78 is 4.90. The average Bonchev–Trinajstić information content (AvgIpc) is 2.72. The van der Waals surface area contributed by atoms with Gasteiger partial charge in [-0.05, 0) is 12.1 Å². The molecule has 0 aliphatic rings. The smallest absolute Gasteiger partial charge is 0.306 e.